The molecule has 2 aliphatic rings. The molecule has 0 spiro atoms. The summed E-state index contributed by atoms with van der Waals surface area (Å²) in [5, 5.41) is 14.7. The summed E-state index contributed by atoms with van der Waals surface area (Å²) in [5.74, 6) is 11.3. The summed E-state index contributed by atoms with van der Waals surface area (Å²) in [6.07, 6.45) is 4.58. The molecule has 1 aromatic heterocycles. The highest BCUT2D eigenvalue weighted by Crippen LogP contribution is 2.45. The number of nitrogens with one attached hydrogen (secondary N) is 3. The van der Waals surface area contributed by atoms with E-state index in [1.54, 1.807) is 13.0 Å². The van der Waals surface area contributed by atoms with Crippen LogP contribution in [0.15, 0.2) is 23.4 Å². The van der Waals surface area contributed by atoms with Crippen LogP contribution < -0.4 is 32.6 Å². The Hall–Kier alpha value is -3.05. The minimum atomic E-state index is -0.571. The predicted octanol–water partition coefficient (Wildman–Crippen LogP) is 4.07. The number of rotatable bonds is 6. The minimum absolute atomic E-state index is 0.00369. The minimum Gasteiger partial charge on any atom is -0.365 e. The van der Waals surface area contributed by atoms with Gasteiger partial charge in [0.15, 0.2) is 11.6 Å². The average Bonchev–Trinajstić information content (AvgIpc) is 3.59. The summed E-state index contributed by atoms with van der Waals surface area (Å²) in [5.41, 5.74) is 1.25. The fourth-order valence-electron chi connectivity index (χ4n) is 5.11. The van der Waals surface area contributed by atoms with Crippen molar-refractivity contribution in [1.82, 2.24) is 15.3 Å². The van der Waals surface area contributed by atoms with Crippen molar-refractivity contribution in [2.45, 2.75) is 83.3 Å². The Labute approximate surface area is 204 Å². The lowest BCUT2D eigenvalue weighted by molar-refractivity contribution is 0.170. The molecule has 0 unspecified atom stereocenters. The lowest BCUT2D eigenvalue weighted by Gasteiger charge is -2.46. The second-order valence-corrected chi connectivity index (χ2v) is 10.9. The van der Waals surface area contributed by atoms with E-state index in [4.69, 9.17) is 11.7 Å². The third-order valence-corrected chi connectivity index (χ3v) is 6.45. The Bertz CT molecular complexity index is 1110. The van der Waals surface area contributed by atoms with Gasteiger partial charge in [0.25, 0.3) is 0 Å². The topological polar surface area (TPSA) is 130 Å². The first-order chi connectivity index (χ1) is 16.4. The maximum atomic E-state index is 15.0. The lowest BCUT2D eigenvalue weighted by atomic mass is 9.79. The molecule has 1 aromatic carbocycles. The Morgan fingerprint density at radius 3 is 2.40 bits per heavy atom. The molecule has 0 amide bonds. The number of hydrogen-bond donors (Lipinski definition) is 5. The van der Waals surface area contributed by atoms with Gasteiger partial charge >= 0.3 is 0 Å². The number of nitrogens with two attached hydrogens (primary N) is 2. The highest BCUT2D eigenvalue weighted by atomic mass is 19.1. The fourth-order valence-corrected chi connectivity index (χ4v) is 5.11. The number of benzene rings is 1. The van der Waals surface area contributed by atoms with E-state index >= 15 is 4.39 Å². The van der Waals surface area contributed by atoms with Gasteiger partial charge in [0.1, 0.15) is 11.7 Å². The van der Waals surface area contributed by atoms with E-state index in [0.29, 0.717) is 11.5 Å². The molecule has 35 heavy (non-hydrogen) atoms. The van der Waals surface area contributed by atoms with Crippen molar-refractivity contribution in [1.29, 1.82) is 0 Å². The summed E-state index contributed by atoms with van der Waals surface area (Å²) in [6.45, 7) is 10.1. The van der Waals surface area contributed by atoms with Gasteiger partial charge in [-0.05, 0) is 83.9 Å². The number of hydrazine groups is 1. The average molecular weight is 488 g/mol. The first kappa shape index (κ1) is 25.1. The monoisotopic (exact) mass is 487 g/mol. The number of anilines is 4. The van der Waals surface area contributed by atoms with Gasteiger partial charge < -0.3 is 21.8 Å². The number of hydrazone groups is 1. The van der Waals surface area contributed by atoms with Crippen LogP contribution in [0.25, 0.3) is 0 Å². The smallest absolute Gasteiger partial charge is 0.229 e. The number of piperidine rings is 1. The molecule has 1 aliphatic heterocycles. The molecule has 11 heteroatoms. The number of hydrogen-bond acceptors (Lipinski definition) is 8. The quantitative estimate of drug-likeness (QED) is 0.178. The van der Waals surface area contributed by atoms with Gasteiger partial charge in [-0.15, -0.1) is 0 Å². The zero-order valence-corrected chi connectivity index (χ0v) is 20.9. The Balaban J connectivity index is 1.60. The van der Waals surface area contributed by atoms with Crippen LogP contribution in [0, 0.1) is 11.6 Å². The third kappa shape index (κ3) is 5.79. The van der Waals surface area contributed by atoms with E-state index in [9.17, 15) is 4.39 Å². The first-order valence-electron chi connectivity index (χ1n) is 11.9. The fraction of sp³-hybridized carbons (Fsp3) is 0.542. The molecule has 7 N–H and O–H groups in total. The normalized spacial score (nSPS) is 19.9. The van der Waals surface area contributed by atoms with E-state index < -0.39 is 11.6 Å². The summed E-state index contributed by atoms with van der Waals surface area (Å²) in [7, 11) is 0. The molecule has 1 saturated heterocycles. The second-order valence-electron chi connectivity index (χ2n) is 10.9. The molecule has 2 heterocycles. The second kappa shape index (κ2) is 9.19. The van der Waals surface area contributed by atoms with Gasteiger partial charge in [0, 0.05) is 17.1 Å². The summed E-state index contributed by atoms with van der Waals surface area (Å²) in [4.78, 5) is 8.33. The van der Waals surface area contributed by atoms with Gasteiger partial charge in [-0.25, -0.2) is 19.6 Å². The van der Waals surface area contributed by atoms with E-state index in [-0.39, 0.29) is 40.5 Å². The van der Waals surface area contributed by atoms with Crippen LogP contribution in [0.4, 0.5) is 31.9 Å². The molecule has 0 atom stereocenters. The van der Waals surface area contributed by atoms with Crippen LogP contribution in [-0.2, 0) is 0 Å². The van der Waals surface area contributed by atoms with Gasteiger partial charge in [-0.1, -0.05) is 0 Å². The summed E-state index contributed by atoms with van der Waals surface area (Å²) >= 11 is 0. The van der Waals surface area contributed by atoms with Gasteiger partial charge in [-0.2, -0.15) is 10.1 Å². The van der Waals surface area contributed by atoms with E-state index in [0.717, 1.165) is 37.4 Å². The molecule has 190 valence electrons. The van der Waals surface area contributed by atoms with Crippen molar-refractivity contribution in [2.24, 2.45) is 16.8 Å². The molecule has 2 fully saturated rings. The zero-order chi connectivity index (χ0) is 25.5. The van der Waals surface area contributed by atoms with Crippen LogP contribution in [0.2, 0.25) is 0 Å². The van der Waals surface area contributed by atoms with Crippen molar-refractivity contribution < 1.29 is 8.78 Å². The highest BCUT2D eigenvalue weighted by Gasteiger charge is 2.38. The predicted molar refractivity (Wildman–Crippen MR) is 136 cm³/mol. The number of amidine groups is 1. The van der Waals surface area contributed by atoms with Crippen LogP contribution in [0.1, 0.15) is 71.8 Å². The maximum Gasteiger partial charge on any atom is 0.229 e. The molecule has 1 saturated carbocycles. The molecule has 9 nitrogen and oxygen atoms in total. The van der Waals surface area contributed by atoms with Crippen LogP contribution in [0.3, 0.4) is 0 Å². The van der Waals surface area contributed by atoms with Crippen molar-refractivity contribution in [3.63, 3.8) is 0 Å². The Morgan fingerprint density at radius 2 is 1.80 bits per heavy atom. The van der Waals surface area contributed by atoms with E-state index in [1.807, 2.05) is 0 Å². The molecule has 1 aliphatic carbocycles. The SMILES string of the molecule is C/C(=N/N)N(N)c1cc(Nc2ncc(F)c(NC3CC(C)(C)NC(C)(C)C3)n2)c(F)cc1C1CC1. The Kier molecular flexibility index (Phi) is 6.58. The summed E-state index contributed by atoms with van der Waals surface area (Å²) < 4.78 is 29.7. The molecule has 0 radical (unpaired) electrons. The van der Waals surface area contributed by atoms with Crippen molar-refractivity contribution >= 4 is 29.0 Å². The highest BCUT2D eigenvalue weighted by molar-refractivity contribution is 5.96. The van der Waals surface area contributed by atoms with Crippen LogP contribution >= 0.6 is 0 Å². The largest absolute Gasteiger partial charge is 0.365 e. The van der Waals surface area contributed by atoms with Crippen LogP contribution in [0.5, 0.6) is 0 Å². The number of aromatic nitrogens is 2. The lowest BCUT2D eigenvalue weighted by Crippen LogP contribution is -2.60. The maximum absolute atomic E-state index is 15.0. The van der Waals surface area contributed by atoms with E-state index in [1.165, 1.54) is 11.1 Å². The van der Waals surface area contributed by atoms with Crippen molar-refractivity contribution in [3.8, 4) is 0 Å². The molecule has 4 rings (SSSR count). The zero-order valence-electron chi connectivity index (χ0n) is 20.9. The summed E-state index contributed by atoms with van der Waals surface area (Å²) in [6, 6.07) is 3.04. The standard InChI is InChI=1S/C24H35F2N9/c1-13(33-27)35(28)20-9-19(17(25)8-16(20)14-6-7-14)31-22-29-12-18(26)21(32-22)30-15-10-23(2,3)34-24(4,5)11-15/h8-9,12,14-15,34H,6-7,10-11,27-28H2,1-5H3,(H2,29,30,31,32)/b33-13-. The molecule has 2 aromatic rings. The first-order valence-corrected chi connectivity index (χ1v) is 11.9. The molecular formula is C24H35F2N9. The Morgan fingerprint density at radius 1 is 1.14 bits per heavy atom. The number of nitrogens with zero attached hydrogens (tertiary/aromatic N) is 4. The molecular weight excluding hydrogens is 452 g/mol. The third-order valence-electron chi connectivity index (χ3n) is 6.45. The van der Waals surface area contributed by atoms with Gasteiger partial charge in [0.2, 0.25) is 5.95 Å². The van der Waals surface area contributed by atoms with Crippen molar-refractivity contribution in [2.75, 3.05) is 15.6 Å². The van der Waals surface area contributed by atoms with Gasteiger partial charge in [0.05, 0.1) is 17.6 Å². The van der Waals surface area contributed by atoms with Crippen molar-refractivity contribution in [3.05, 3.63) is 35.5 Å². The number of halogens is 2. The van der Waals surface area contributed by atoms with Gasteiger partial charge in [-0.3, -0.25) is 5.01 Å². The van der Waals surface area contributed by atoms with E-state index in [2.05, 4.69) is 58.7 Å². The molecule has 0 bridgehead atoms. The van der Waals surface area contributed by atoms with Crippen LogP contribution in [-0.4, -0.2) is 32.9 Å².